The zero-order valence-corrected chi connectivity index (χ0v) is 12.9. The van der Waals surface area contributed by atoms with Crippen LogP contribution in [0.15, 0.2) is 29.3 Å². The molecule has 2 aromatic rings. The van der Waals surface area contributed by atoms with Crippen molar-refractivity contribution in [3.8, 4) is 5.75 Å². The summed E-state index contributed by atoms with van der Waals surface area (Å²) >= 11 is 0. The number of carbonyl (C=O) groups is 1. The third-order valence-electron chi connectivity index (χ3n) is 3.61. The van der Waals surface area contributed by atoms with Crippen LogP contribution in [-0.2, 0) is 11.8 Å². The summed E-state index contributed by atoms with van der Waals surface area (Å²) in [4.78, 5) is 26.7. The smallest absolute Gasteiger partial charge is 0.260 e. The van der Waals surface area contributed by atoms with Crippen molar-refractivity contribution < 1.29 is 14.3 Å². The number of rotatable bonds is 4. The maximum Gasteiger partial charge on any atom is 0.260 e. The third kappa shape index (κ3) is 3.42. The van der Waals surface area contributed by atoms with E-state index in [9.17, 15) is 9.59 Å². The number of aryl methyl sites for hydroxylation is 2. The van der Waals surface area contributed by atoms with Gasteiger partial charge in [-0.25, -0.2) is 0 Å². The molecule has 1 fully saturated rings. The maximum absolute atomic E-state index is 12.3. The third-order valence-corrected chi connectivity index (χ3v) is 3.61. The summed E-state index contributed by atoms with van der Waals surface area (Å²) in [6, 6.07) is 2.87. The number of hydrogen-bond donors (Lipinski definition) is 2. The predicted molar refractivity (Wildman–Crippen MR) is 81.5 cm³/mol. The van der Waals surface area contributed by atoms with Crippen molar-refractivity contribution in [2.75, 3.05) is 13.2 Å². The van der Waals surface area contributed by atoms with Crippen LogP contribution in [0.2, 0.25) is 0 Å². The van der Waals surface area contributed by atoms with Crippen LogP contribution in [-0.4, -0.2) is 46.0 Å². The lowest BCUT2D eigenvalue weighted by atomic mass is 10.2. The highest BCUT2D eigenvalue weighted by Crippen LogP contribution is 2.16. The first kappa shape index (κ1) is 15.3. The van der Waals surface area contributed by atoms with Crippen molar-refractivity contribution in [3.63, 3.8) is 0 Å². The fourth-order valence-electron chi connectivity index (χ4n) is 2.42. The van der Waals surface area contributed by atoms with Crippen LogP contribution in [0.5, 0.6) is 5.75 Å². The molecule has 2 atom stereocenters. The van der Waals surface area contributed by atoms with Gasteiger partial charge >= 0.3 is 0 Å². The molecule has 0 radical (unpaired) electrons. The first-order valence-corrected chi connectivity index (χ1v) is 7.27. The van der Waals surface area contributed by atoms with Gasteiger partial charge in [0.05, 0.1) is 31.6 Å². The summed E-state index contributed by atoms with van der Waals surface area (Å²) in [5.74, 6) is 0.164. The molecular weight excluding hydrogens is 300 g/mol. The summed E-state index contributed by atoms with van der Waals surface area (Å²) in [5, 5.41) is 6.83. The molecule has 2 N–H and O–H groups in total. The van der Waals surface area contributed by atoms with Crippen molar-refractivity contribution >= 4 is 5.91 Å². The number of pyridine rings is 1. The van der Waals surface area contributed by atoms with Gasteiger partial charge in [0.2, 0.25) is 0 Å². The van der Waals surface area contributed by atoms with Gasteiger partial charge < -0.3 is 19.8 Å². The number of aromatic amines is 1. The molecule has 2 aromatic heterocycles. The van der Waals surface area contributed by atoms with Gasteiger partial charge in [-0.15, -0.1) is 0 Å². The number of nitrogens with zero attached hydrogens (tertiary/aromatic N) is 2. The van der Waals surface area contributed by atoms with Crippen LogP contribution >= 0.6 is 0 Å². The molecule has 23 heavy (non-hydrogen) atoms. The van der Waals surface area contributed by atoms with E-state index in [0.29, 0.717) is 24.7 Å². The molecule has 1 amide bonds. The normalized spacial score (nSPS) is 20.4. The zero-order valence-electron chi connectivity index (χ0n) is 12.9. The molecule has 1 aliphatic heterocycles. The topological polar surface area (TPSA) is 98.2 Å². The van der Waals surface area contributed by atoms with Crippen molar-refractivity contribution in [2.45, 2.75) is 19.1 Å². The summed E-state index contributed by atoms with van der Waals surface area (Å²) in [6.07, 6.45) is 3.01. The Balaban J connectivity index is 1.68. The van der Waals surface area contributed by atoms with Gasteiger partial charge in [0.15, 0.2) is 5.75 Å². The number of amides is 1. The Morgan fingerprint density at radius 1 is 1.48 bits per heavy atom. The van der Waals surface area contributed by atoms with Gasteiger partial charge in [-0.2, -0.15) is 5.10 Å². The van der Waals surface area contributed by atoms with Crippen LogP contribution in [0.1, 0.15) is 16.1 Å². The maximum atomic E-state index is 12.3. The number of nitrogens with one attached hydrogen (secondary N) is 2. The standard InChI is InChI=1S/C15H18N4O4/c1-9-3-4-11(14(20)17-9)15(21)18-12-7-22-8-13(12)23-10-5-16-19(2)6-10/h3-6,12-13H,7-8H2,1-2H3,(H,17,20)(H,18,21)/t12-,13+/m0/s1. The van der Waals surface area contributed by atoms with Crippen molar-refractivity contribution in [3.05, 3.63) is 46.1 Å². The lowest BCUT2D eigenvalue weighted by molar-refractivity contribution is 0.0902. The quantitative estimate of drug-likeness (QED) is 0.826. The van der Waals surface area contributed by atoms with Crippen LogP contribution < -0.4 is 15.6 Å². The Kier molecular flexibility index (Phi) is 4.16. The second-order valence-corrected chi connectivity index (χ2v) is 5.51. The molecule has 8 nitrogen and oxygen atoms in total. The molecule has 0 spiro atoms. The summed E-state index contributed by atoms with van der Waals surface area (Å²) < 4.78 is 12.8. The zero-order chi connectivity index (χ0) is 16.4. The van der Waals surface area contributed by atoms with Gasteiger partial charge in [0, 0.05) is 12.7 Å². The molecule has 8 heteroatoms. The Morgan fingerprint density at radius 2 is 2.30 bits per heavy atom. The summed E-state index contributed by atoms with van der Waals surface area (Å²) in [7, 11) is 1.79. The minimum atomic E-state index is -0.443. The first-order valence-electron chi connectivity index (χ1n) is 7.27. The molecule has 0 bridgehead atoms. The van der Waals surface area contributed by atoms with E-state index >= 15 is 0 Å². The Hall–Kier alpha value is -2.61. The lowest BCUT2D eigenvalue weighted by Gasteiger charge is -2.19. The Morgan fingerprint density at radius 3 is 3.00 bits per heavy atom. The predicted octanol–water partition coefficient (Wildman–Crippen LogP) is -0.00698. The molecule has 0 unspecified atom stereocenters. The van der Waals surface area contributed by atoms with Crippen molar-refractivity contribution in [1.82, 2.24) is 20.1 Å². The molecule has 1 saturated heterocycles. The van der Waals surface area contributed by atoms with E-state index in [0.717, 1.165) is 0 Å². The number of aromatic nitrogens is 3. The Bertz CT molecular complexity index is 767. The summed E-state index contributed by atoms with van der Waals surface area (Å²) in [6.45, 7) is 2.45. The molecule has 3 rings (SSSR count). The second-order valence-electron chi connectivity index (χ2n) is 5.51. The highest BCUT2D eigenvalue weighted by molar-refractivity contribution is 5.94. The number of hydrogen-bond acceptors (Lipinski definition) is 5. The van der Waals surface area contributed by atoms with Crippen LogP contribution in [0.4, 0.5) is 0 Å². The van der Waals surface area contributed by atoms with E-state index in [1.54, 1.807) is 37.1 Å². The summed E-state index contributed by atoms with van der Waals surface area (Å²) in [5.41, 5.74) is 0.363. The van der Waals surface area contributed by atoms with Gasteiger partial charge in [-0.1, -0.05) is 0 Å². The number of H-pyrrole nitrogens is 1. The average molecular weight is 318 g/mol. The van der Waals surface area contributed by atoms with Gasteiger partial charge in [0.1, 0.15) is 11.7 Å². The van der Waals surface area contributed by atoms with Gasteiger partial charge in [-0.05, 0) is 19.1 Å². The van der Waals surface area contributed by atoms with Crippen molar-refractivity contribution in [2.24, 2.45) is 7.05 Å². The molecule has 0 aromatic carbocycles. The Labute approximate surface area is 132 Å². The fraction of sp³-hybridized carbons (Fsp3) is 0.400. The molecule has 0 aliphatic carbocycles. The van der Waals surface area contributed by atoms with E-state index in [1.807, 2.05) is 0 Å². The average Bonchev–Trinajstić information content (AvgIpc) is 3.09. The molecular formula is C15H18N4O4. The van der Waals surface area contributed by atoms with E-state index in [4.69, 9.17) is 9.47 Å². The number of ether oxygens (including phenoxy) is 2. The monoisotopic (exact) mass is 318 g/mol. The minimum Gasteiger partial charge on any atom is -0.482 e. The van der Waals surface area contributed by atoms with E-state index in [-0.39, 0.29) is 17.7 Å². The van der Waals surface area contributed by atoms with E-state index < -0.39 is 11.5 Å². The molecule has 122 valence electrons. The number of carbonyl (C=O) groups excluding carboxylic acids is 1. The highest BCUT2D eigenvalue weighted by atomic mass is 16.5. The lowest BCUT2D eigenvalue weighted by Crippen LogP contribution is -2.46. The molecule has 1 aliphatic rings. The van der Waals surface area contributed by atoms with Gasteiger partial charge in [0.25, 0.3) is 11.5 Å². The van der Waals surface area contributed by atoms with Gasteiger partial charge in [-0.3, -0.25) is 14.3 Å². The van der Waals surface area contributed by atoms with Crippen molar-refractivity contribution in [1.29, 1.82) is 0 Å². The SMILES string of the molecule is Cc1ccc(C(=O)N[C@H]2COC[C@H]2Oc2cnn(C)c2)c(=O)[nH]1. The minimum absolute atomic E-state index is 0.0719. The molecule has 3 heterocycles. The highest BCUT2D eigenvalue weighted by Gasteiger charge is 2.32. The second kappa shape index (κ2) is 6.25. The largest absolute Gasteiger partial charge is 0.482 e. The van der Waals surface area contributed by atoms with E-state index in [1.165, 1.54) is 6.07 Å². The van der Waals surface area contributed by atoms with Crippen LogP contribution in [0.3, 0.4) is 0 Å². The first-order chi connectivity index (χ1) is 11.0. The van der Waals surface area contributed by atoms with E-state index in [2.05, 4.69) is 15.4 Å². The van der Waals surface area contributed by atoms with Crippen LogP contribution in [0, 0.1) is 6.92 Å². The van der Waals surface area contributed by atoms with Crippen LogP contribution in [0.25, 0.3) is 0 Å². The fourth-order valence-corrected chi connectivity index (χ4v) is 2.42. The molecule has 0 saturated carbocycles.